The summed E-state index contributed by atoms with van der Waals surface area (Å²) in [5.74, 6) is -0.348. The molecule has 1 saturated heterocycles. The molecule has 1 aliphatic rings. The Kier molecular flexibility index (Phi) is 5.08. The SMILES string of the molecule is O=C(Nc1cccc(S(=O)(=O)N2CCOCC2)c1)c1cnc2ccccc2c1. The molecule has 0 bridgehead atoms. The number of nitrogens with zero attached hydrogens (tertiary/aromatic N) is 2. The Bertz CT molecular complexity index is 1130. The van der Waals surface area contributed by atoms with Crippen molar-refractivity contribution in [3.63, 3.8) is 0 Å². The Morgan fingerprint density at radius 3 is 2.64 bits per heavy atom. The van der Waals surface area contributed by atoms with Gasteiger partial charge in [-0.3, -0.25) is 9.78 Å². The third kappa shape index (κ3) is 3.75. The molecule has 7 nitrogen and oxygen atoms in total. The van der Waals surface area contributed by atoms with Crippen molar-refractivity contribution < 1.29 is 17.9 Å². The first-order valence-electron chi connectivity index (χ1n) is 8.88. The maximum absolute atomic E-state index is 12.8. The second-order valence-electron chi connectivity index (χ2n) is 6.42. The van der Waals surface area contributed by atoms with Gasteiger partial charge in [0.25, 0.3) is 5.91 Å². The smallest absolute Gasteiger partial charge is 0.257 e. The van der Waals surface area contributed by atoms with E-state index in [1.54, 1.807) is 18.2 Å². The number of para-hydroxylation sites is 1. The number of ether oxygens (including phenoxy) is 1. The largest absolute Gasteiger partial charge is 0.379 e. The van der Waals surface area contributed by atoms with Gasteiger partial charge in [0, 0.05) is 30.4 Å². The summed E-state index contributed by atoms with van der Waals surface area (Å²) >= 11 is 0. The number of morpholine rings is 1. The molecule has 1 aromatic heterocycles. The lowest BCUT2D eigenvalue weighted by atomic mass is 10.1. The van der Waals surface area contributed by atoms with E-state index >= 15 is 0 Å². The summed E-state index contributed by atoms with van der Waals surface area (Å²) in [5.41, 5.74) is 1.62. The lowest BCUT2D eigenvalue weighted by molar-refractivity contribution is 0.0730. The standard InChI is InChI=1S/C20H19N3O4S/c24-20(16-12-15-4-1-2-7-19(15)21-14-16)22-17-5-3-6-18(13-17)28(25,26)23-8-10-27-11-9-23/h1-7,12-14H,8-11H2,(H,22,24). The molecule has 0 atom stereocenters. The summed E-state index contributed by atoms with van der Waals surface area (Å²) < 4.78 is 32.2. The van der Waals surface area contributed by atoms with Crippen LogP contribution in [0.1, 0.15) is 10.4 Å². The number of pyridine rings is 1. The van der Waals surface area contributed by atoms with Crippen LogP contribution >= 0.6 is 0 Å². The van der Waals surface area contributed by atoms with Gasteiger partial charge in [0.15, 0.2) is 0 Å². The Morgan fingerprint density at radius 1 is 1.04 bits per heavy atom. The van der Waals surface area contributed by atoms with E-state index in [1.807, 2.05) is 24.3 Å². The highest BCUT2D eigenvalue weighted by atomic mass is 32.2. The fraction of sp³-hybridized carbons (Fsp3) is 0.200. The molecule has 28 heavy (non-hydrogen) atoms. The highest BCUT2D eigenvalue weighted by Gasteiger charge is 2.26. The molecule has 8 heteroatoms. The summed E-state index contributed by atoms with van der Waals surface area (Å²) in [4.78, 5) is 17.0. The highest BCUT2D eigenvalue weighted by Crippen LogP contribution is 2.21. The number of fused-ring (bicyclic) bond motifs is 1. The summed E-state index contributed by atoms with van der Waals surface area (Å²) in [5, 5.41) is 3.61. The normalized spacial score (nSPS) is 15.4. The van der Waals surface area contributed by atoms with Crippen molar-refractivity contribution in [2.24, 2.45) is 0 Å². The molecule has 0 saturated carbocycles. The van der Waals surface area contributed by atoms with Crippen LogP contribution in [0.3, 0.4) is 0 Å². The van der Waals surface area contributed by atoms with Gasteiger partial charge in [0.1, 0.15) is 0 Å². The van der Waals surface area contributed by atoms with Gasteiger partial charge in [-0.15, -0.1) is 0 Å². The average Bonchev–Trinajstić information content (AvgIpc) is 2.74. The van der Waals surface area contributed by atoms with Crippen LogP contribution in [0, 0.1) is 0 Å². The number of rotatable bonds is 4. The second-order valence-corrected chi connectivity index (χ2v) is 8.35. The molecule has 0 spiro atoms. The van der Waals surface area contributed by atoms with Gasteiger partial charge in [0.2, 0.25) is 10.0 Å². The molecule has 2 heterocycles. The number of anilines is 1. The molecule has 1 aliphatic heterocycles. The van der Waals surface area contributed by atoms with Gasteiger partial charge in [0.05, 0.1) is 29.2 Å². The lowest BCUT2D eigenvalue weighted by Crippen LogP contribution is -2.40. The molecule has 0 unspecified atom stereocenters. The summed E-state index contributed by atoms with van der Waals surface area (Å²) in [6.45, 7) is 1.40. The number of carbonyl (C=O) groups excluding carboxylic acids is 1. The van der Waals surface area contributed by atoms with E-state index < -0.39 is 10.0 Å². The van der Waals surface area contributed by atoms with Gasteiger partial charge in [-0.2, -0.15) is 4.31 Å². The number of nitrogens with one attached hydrogen (secondary N) is 1. The number of benzene rings is 2. The molecule has 1 fully saturated rings. The van der Waals surface area contributed by atoms with E-state index in [0.29, 0.717) is 37.6 Å². The zero-order chi connectivity index (χ0) is 19.6. The second kappa shape index (κ2) is 7.67. The van der Waals surface area contributed by atoms with Crippen molar-refractivity contribution in [3.8, 4) is 0 Å². The first kappa shape index (κ1) is 18.5. The van der Waals surface area contributed by atoms with Crippen molar-refractivity contribution in [3.05, 3.63) is 66.4 Å². The van der Waals surface area contributed by atoms with Crippen LogP contribution in [-0.4, -0.2) is 49.9 Å². The minimum atomic E-state index is -3.62. The summed E-state index contributed by atoms with van der Waals surface area (Å²) in [6.07, 6.45) is 1.51. The molecule has 1 amide bonds. The van der Waals surface area contributed by atoms with Crippen LogP contribution in [0.4, 0.5) is 5.69 Å². The molecule has 3 aromatic rings. The molecule has 0 radical (unpaired) electrons. The van der Waals surface area contributed by atoms with E-state index in [-0.39, 0.29) is 10.8 Å². The van der Waals surface area contributed by atoms with Crippen LogP contribution in [0.2, 0.25) is 0 Å². The van der Waals surface area contributed by atoms with Gasteiger partial charge in [-0.25, -0.2) is 8.42 Å². The fourth-order valence-corrected chi connectivity index (χ4v) is 4.52. The minimum absolute atomic E-state index is 0.142. The van der Waals surface area contributed by atoms with Gasteiger partial charge in [-0.1, -0.05) is 24.3 Å². The Hall–Kier alpha value is -2.81. The van der Waals surface area contributed by atoms with Gasteiger partial charge < -0.3 is 10.1 Å². The molecular formula is C20H19N3O4S. The van der Waals surface area contributed by atoms with Crippen LogP contribution in [0.15, 0.2) is 65.7 Å². The van der Waals surface area contributed by atoms with E-state index in [0.717, 1.165) is 10.9 Å². The number of amides is 1. The van der Waals surface area contributed by atoms with Crippen LogP contribution < -0.4 is 5.32 Å². The fourth-order valence-electron chi connectivity index (χ4n) is 3.07. The maximum atomic E-state index is 12.8. The highest BCUT2D eigenvalue weighted by molar-refractivity contribution is 7.89. The van der Waals surface area contributed by atoms with Crippen molar-refractivity contribution in [2.45, 2.75) is 4.90 Å². The van der Waals surface area contributed by atoms with Crippen LogP contribution in [-0.2, 0) is 14.8 Å². The third-order valence-corrected chi connectivity index (χ3v) is 6.45. The number of sulfonamides is 1. The predicted molar refractivity (Wildman–Crippen MR) is 106 cm³/mol. The predicted octanol–water partition coefficient (Wildman–Crippen LogP) is 2.51. The molecule has 0 aliphatic carbocycles. The number of hydrogen-bond donors (Lipinski definition) is 1. The Balaban J connectivity index is 1.56. The Labute approximate surface area is 163 Å². The average molecular weight is 397 g/mol. The molecule has 4 rings (SSSR count). The van der Waals surface area contributed by atoms with E-state index in [4.69, 9.17) is 4.74 Å². The molecule has 1 N–H and O–H groups in total. The topological polar surface area (TPSA) is 88.6 Å². The number of carbonyl (C=O) groups is 1. The monoisotopic (exact) mass is 397 g/mol. The molecular weight excluding hydrogens is 378 g/mol. The lowest BCUT2D eigenvalue weighted by Gasteiger charge is -2.26. The van der Waals surface area contributed by atoms with E-state index in [9.17, 15) is 13.2 Å². The first-order chi connectivity index (χ1) is 13.5. The van der Waals surface area contributed by atoms with Crippen molar-refractivity contribution >= 4 is 32.5 Å². The quantitative estimate of drug-likeness (QED) is 0.731. The minimum Gasteiger partial charge on any atom is -0.379 e. The zero-order valence-corrected chi connectivity index (χ0v) is 15.9. The van der Waals surface area contributed by atoms with Gasteiger partial charge in [-0.05, 0) is 30.3 Å². The first-order valence-corrected chi connectivity index (χ1v) is 10.3. The van der Waals surface area contributed by atoms with E-state index in [2.05, 4.69) is 10.3 Å². The maximum Gasteiger partial charge on any atom is 0.257 e. The van der Waals surface area contributed by atoms with Crippen LogP contribution in [0.25, 0.3) is 10.9 Å². The van der Waals surface area contributed by atoms with Crippen molar-refractivity contribution in [1.29, 1.82) is 0 Å². The van der Waals surface area contributed by atoms with Crippen molar-refractivity contribution in [1.82, 2.24) is 9.29 Å². The molecule has 144 valence electrons. The molecule has 2 aromatic carbocycles. The third-order valence-electron chi connectivity index (χ3n) is 4.55. The number of aromatic nitrogens is 1. The van der Waals surface area contributed by atoms with E-state index in [1.165, 1.54) is 22.6 Å². The summed E-state index contributed by atoms with van der Waals surface area (Å²) in [6, 6.07) is 15.5. The van der Waals surface area contributed by atoms with Gasteiger partial charge >= 0.3 is 0 Å². The van der Waals surface area contributed by atoms with Crippen LogP contribution in [0.5, 0.6) is 0 Å². The zero-order valence-electron chi connectivity index (χ0n) is 15.0. The van der Waals surface area contributed by atoms with Crippen molar-refractivity contribution in [2.75, 3.05) is 31.6 Å². The summed E-state index contributed by atoms with van der Waals surface area (Å²) in [7, 11) is -3.62. The number of hydrogen-bond acceptors (Lipinski definition) is 5. The Morgan fingerprint density at radius 2 is 1.82 bits per heavy atom.